The number of nitrogens with zero attached hydrogens (tertiary/aromatic N) is 2. The molecule has 3 aromatic rings. The molecule has 0 spiro atoms. The van der Waals surface area contributed by atoms with Crippen LogP contribution in [0.25, 0.3) is 22.4 Å². The van der Waals surface area contributed by atoms with Crippen molar-refractivity contribution in [1.29, 1.82) is 0 Å². The molecule has 2 aromatic heterocycles. The van der Waals surface area contributed by atoms with E-state index in [1.54, 1.807) is 12.3 Å². The Morgan fingerprint density at radius 2 is 2.06 bits per heavy atom. The molecular formula is C12H6ClF2N3. The quantitative estimate of drug-likeness (QED) is 0.731. The summed E-state index contributed by atoms with van der Waals surface area (Å²) >= 11 is 5.97. The lowest BCUT2D eigenvalue weighted by Crippen LogP contribution is -1.83. The highest BCUT2D eigenvalue weighted by molar-refractivity contribution is 6.33. The summed E-state index contributed by atoms with van der Waals surface area (Å²) in [4.78, 5) is 10.8. The molecule has 0 fully saturated rings. The summed E-state index contributed by atoms with van der Waals surface area (Å²) in [5.74, 6) is -0.990. The molecule has 1 N–H and O–H groups in total. The molecule has 0 aliphatic carbocycles. The monoisotopic (exact) mass is 265 g/mol. The van der Waals surface area contributed by atoms with E-state index >= 15 is 0 Å². The number of rotatable bonds is 1. The summed E-state index contributed by atoms with van der Waals surface area (Å²) in [5, 5.41) is 0.387. The smallest absolute Gasteiger partial charge is 0.153 e. The number of hydrogen-bond acceptors (Lipinski definition) is 2. The summed E-state index contributed by atoms with van der Waals surface area (Å²) in [6.07, 6.45) is 3.01. The number of aromatic nitrogens is 3. The van der Waals surface area contributed by atoms with E-state index in [9.17, 15) is 8.78 Å². The van der Waals surface area contributed by atoms with Crippen molar-refractivity contribution in [2.75, 3.05) is 0 Å². The van der Waals surface area contributed by atoms with Gasteiger partial charge in [-0.05, 0) is 12.1 Å². The fraction of sp³-hybridized carbons (Fsp3) is 0. The van der Waals surface area contributed by atoms with Gasteiger partial charge < -0.3 is 4.98 Å². The van der Waals surface area contributed by atoms with Crippen molar-refractivity contribution < 1.29 is 8.78 Å². The highest BCUT2D eigenvalue weighted by Gasteiger charge is 2.12. The molecule has 0 saturated heterocycles. The van der Waals surface area contributed by atoms with E-state index < -0.39 is 11.6 Å². The fourth-order valence-corrected chi connectivity index (χ4v) is 1.95. The topological polar surface area (TPSA) is 41.6 Å². The molecule has 0 amide bonds. The average molecular weight is 266 g/mol. The van der Waals surface area contributed by atoms with Gasteiger partial charge in [0.2, 0.25) is 0 Å². The molecule has 0 aliphatic heterocycles. The van der Waals surface area contributed by atoms with E-state index in [1.807, 2.05) is 0 Å². The molecule has 0 aliphatic rings. The van der Waals surface area contributed by atoms with E-state index in [-0.39, 0.29) is 11.0 Å². The van der Waals surface area contributed by atoms with E-state index in [0.717, 1.165) is 6.07 Å². The Morgan fingerprint density at radius 3 is 2.83 bits per heavy atom. The van der Waals surface area contributed by atoms with Gasteiger partial charge in [-0.3, -0.25) is 4.98 Å². The van der Waals surface area contributed by atoms with Crippen LogP contribution in [0, 0.1) is 11.6 Å². The van der Waals surface area contributed by atoms with Gasteiger partial charge in [-0.1, -0.05) is 11.6 Å². The van der Waals surface area contributed by atoms with E-state index in [2.05, 4.69) is 15.0 Å². The molecule has 0 unspecified atom stereocenters. The number of fused-ring (bicyclic) bond motifs is 1. The molecule has 18 heavy (non-hydrogen) atoms. The first-order valence-electron chi connectivity index (χ1n) is 5.10. The Labute approximate surface area is 105 Å². The molecule has 3 nitrogen and oxygen atoms in total. The van der Waals surface area contributed by atoms with Crippen LogP contribution in [0.5, 0.6) is 0 Å². The summed E-state index contributed by atoms with van der Waals surface area (Å²) in [7, 11) is 0. The van der Waals surface area contributed by atoms with Gasteiger partial charge in [-0.25, -0.2) is 13.8 Å². The number of hydrogen-bond donors (Lipinski definition) is 1. The molecule has 0 bridgehead atoms. The second-order valence-corrected chi connectivity index (χ2v) is 4.13. The number of pyridine rings is 1. The molecular weight excluding hydrogens is 260 g/mol. The van der Waals surface area contributed by atoms with Crippen LogP contribution in [0.2, 0.25) is 5.02 Å². The maximum Gasteiger partial charge on any atom is 0.153 e. The highest BCUT2D eigenvalue weighted by atomic mass is 35.5. The minimum atomic E-state index is -0.710. The van der Waals surface area contributed by atoms with Crippen LogP contribution in [-0.2, 0) is 0 Å². The van der Waals surface area contributed by atoms with Crippen LogP contribution in [0.15, 0.2) is 30.6 Å². The van der Waals surface area contributed by atoms with Gasteiger partial charge in [0, 0.05) is 24.0 Å². The number of halogens is 3. The standard InChI is InChI=1S/C12H6ClF2N3/c13-8-5-16-2-1-7(8)12-17-10-4-6(14)3-9(15)11(10)18-12/h1-5H,(H,17,18). The summed E-state index contributed by atoms with van der Waals surface area (Å²) in [6.45, 7) is 0. The fourth-order valence-electron chi connectivity index (χ4n) is 1.74. The third-order valence-corrected chi connectivity index (χ3v) is 2.83. The molecule has 0 saturated carbocycles. The zero-order chi connectivity index (χ0) is 12.7. The molecule has 0 radical (unpaired) electrons. The van der Waals surface area contributed by atoms with Crippen molar-refractivity contribution in [3.05, 3.63) is 47.2 Å². The van der Waals surface area contributed by atoms with Crippen LogP contribution < -0.4 is 0 Å². The second kappa shape index (κ2) is 4.03. The van der Waals surface area contributed by atoms with Gasteiger partial charge in [0.25, 0.3) is 0 Å². The Balaban J connectivity index is 2.26. The predicted molar refractivity (Wildman–Crippen MR) is 64.3 cm³/mol. The lowest BCUT2D eigenvalue weighted by molar-refractivity contribution is 0.591. The average Bonchev–Trinajstić information content (AvgIpc) is 2.73. The number of imidazole rings is 1. The Kier molecular flexibility index (Phi) is 2.48. The first kappa shape index (κ1) is 11.1. The minimum absolute atomic E-state index is 0.0827. The summed E-state index contributed by atoms with van der Waals surface area (Å²) < 4.78 is 26.6. The maximum atomic E-state index is 13.5. The third kappa shape index (κ3) is 1.73. The summed E-state index contributed by atoms with van der Waals surface area (Å²) in [6, 6.07) is 3.62. The normalized spacial score (nSPS) is 11.1. The molecule has 6 heteroatoms. The number of H-pyrrole nitrogens is 1. The van der Waals surface area contributed by atoms with Crippen molar-refractivity contribution >= 4 is 22.6 Å². The molecule has 3 rings (SSSR count). The van der Waals surface area contributed by atoms with Gasteiger partial charge >= 0.3 is 0 Å². The van der Waals surface area contributed by atoms with Crippen molar-refractivity contribution in [3.8, 4) is 11.4 Å². The Bertz CT molecular complexity index is 739. The van der Waals surface area contributed by atoms with Crippen molar-refractivity contribution in [1.82, 2.24) is 15.0 Å². The largest absolute Gasteiger partial charge is 0.338 e. The van der Waals surface area contributed by atoms with E-state index in [4.69, 9.17) is 11.6 Å². The molecule has 90 valence electrons. The minimum Gasteiger partial charge on any atom is -0.338 e. The van der Waals surface area contributed by atoms with Crippen molar-refractivity contribution in [3.63, 3.8) is 0 Å². The van der Waals surface area contributed by atoms with E-state index in [0.29, 0.717) is 16.4 Å². The molecule has 2 heterocycles. The van der Waals surface area contributed by atoms with Gasteiger partial charge in [0.15, 0.2) is 5.82 Å². The zero-order valence-corrected chi connectivity index (χ0v) is 9.67. The summed E-state index contributed by atoms with van der Waals surface area (Å²) in [5.41, 5.74) is 0.956. The van der Waals surface area contributed by atoms with Crippen LogP contribution in [0.3, 0.4) is 0 Å². The number of benzene rings is 1. The van der Waals surface area contributed by atoms with E-state index in [1.165, 1.54) is 12.3 Å². The lowest BCUT2D eigenvalue weighted by atomic mass is 10.2. The number of aromatic amines is 1. The van der Waals surface area contributed by atoms with Gasteiger partial charge in [-0.2, -0.15) is 0 Å². The van der Waals surface area contributed by atoms with Gasteiger partial charge in [0.05, 0.1) is 10.5 Å². The predicted octanol–water partition coefficient (Wildman–Crippen LogP) is 3.56. The number of nitrogens with one attached hydrogen (secondary N) is 1. The first-order valence-corrected chi connectivity index (χ1v) is 5.47. The van der Waals surface area contributed by atoms with Crippen molar-refractivity contribution in [2.45, 2.75) is 0 Å². The van der Waals surface area contributed by atoms with Crippen LogP contribution in [0.4, 0.5) is 8.78 Å². The van der Waals surface area contributed by atoms with Crippen LogP contribution in [0.1, 0.15) is 0 Å². The first-order chi connectivity index (χ1) is 8.65. The van der Waals surface area contributed by atoms with Crippen LogP contribution >= 0.6 is 11.6 Å². The lowest BCUT2D eigenvalue weighted by Gasteiger charge is -1.97. The molecule has 0 atom stereocenters. The molecule has 1 aromatic carbocycles. The zero-order valence-electron chi connectivity index (χ0n) is 8.92. The third-order valence-electron chi connectivity index (χ3n) is 2.53. The van der Waals surface area contributed by atoms with Gasteiger partial charge in [0.1, 0.15) is 17.2 Å². The van der Waals surface area contributed by atoms with Gasteiger partial charge in [-0.15, -0.1) is 0 Å². The Morgan fingerprint density at radius 1 is 1.22 bits per heavy atom. The maximum absolute atomic E-state index is 13.5. The van der Waals surface area contributed by atoms with Crippen LogP contribution in [-0.4, -0.2) is 15.0 Å². The van der Waals surface area contributed by atoms with Crippen molar-refractivity contribution in [2.24, 2.45) is 0 Å². The highest BCUT2D eigenvalue weighted by Crippen LogP contribution is 2.27. The SMILES string of the molecule is Fc1cc(F)c2nc(-c3ccncc3Cl)[nH]c2c1. The Hall–Kier alpha value is -2.01. The second-order valence-electron chi connectivity index (χ2n) is 3.72.